The van der Waals surface area contributed by atoms with Crippen LogP contribution in [-0.4, -0.2) is 122 Å². The van der Waals surface area contributed by atoms with Crippen LogP contribution in [0.2, 0.25) is 0 Å². The van der Waals surface area contributed by atoms with Crippen molar-refractivity contribution in [1.29, 1.82) is 0 Å². The molecule has 0 amide bonds. The van der Waals surface area contributed by atoms with E-state index in [1.165, 1.54) is 42.7 Å². The third-order valence-corrected chi connectivity index (χ3v) is 14.1. The van der Waals surface area contributed by atoms with Crippen molar-refractivity contribution in [2.75, 3.05) is 59.9 Å². The minimum atomic E-state index is -0.455. The fourth-order valence-corrected chi connectivity index (χ4v) is 9.82. The number of aryl methyl sites for hydroxylation is 5. The van der Waals surface area contributed by atoms with E-state index in [0.717, 1.165) is 96.0 Å². The molecular weight excluding hydrogens is 1080 g/mol. The molecule has 0 atom stereocenters. The van der Waals surface area contributed by atoms with Crippen LogP contribution in [0.25, 0.3) is 65.8 Å². The van der Waals surface area contributed by atoms with Crippen LogP contribution < -0.4 is 17.2 Å². The largest absolute Gasteiger partial charge is 0.469 e. The van der Waals surface area contributed by atoms with Crippen molar-refractivity contribution in [2.45, 2.75) is 117 Å². The lowest BCUT2D eigenvalue weighted by Crippen LogP contribution is -2.14. The summed E-state index contributed by atoms with van der Waals surface area (Å²) in [4.78, 5) is 98.2. The maximum Gasteiger partial charge on any atom is 0.337 e. The van der Waals surface area contributed by atoms with Crippen molar-refractivity contribution in [1.82, 2.24) is 43.6 Å². The number of nitrogens with zero attached hydrogens (tertiary/aromatic N) is 9. The number of carbonyl (C=O) groups is 6. The monoisotopic (exact) mass is 1150 g/mol. The molecule has 9 rings (SSSR count). The summed E-state index contributed by atoms with van der Waals surface area (Å²) >= 11 is 0. The van der Waals surface area contributed by atoms with Crippen LogP contribution in [0.4, 0.5) is 17.5 Å². The quantitative estimate of drug-likeness (QED) is 0.0448. The number of unbranched alkanes of at least 4 members (excludes halogenated alkanes) is 3. The maximum atomic E-state index is 12.0. The number of anilines is 3. The summed E-state index contributed by atoms with van der Waals surface area (Å²) < 4.78 is 34.7. The van der Waals surface area contributed by atoms with Crippen LogP contribution in [0.1, 0.15) is 127 Å². The van der Waals surface area contributed by atoms with Crippen LogP contribution in [0.5, 0.6) is 0 Å². The smallest absolute Gasteiger partial charge is 0.337 e. The van der Waals surface area contributed by atoms with Gasteiger partial charge in [0.05, 0.1) is 98.9 Å². The van der Waals surface area contributed by atoms with E-state index in [2.05, 4.69) is 45.3 Å². The van der Waals surface area contributed by atoms with Crippen molar-refractivity contribution in [3.05, 3.63) is 88.8 Å². The Balaban J connectivity index is 0.000000181. The highest BCUT2D eigenvalue weighted by Crippen LogP contribution is 2.34. The van der Waals surface area contributed by atoms with Crippen LogP contribution in [0.15, 0.2) is 54.6 Å². The highest BCUT2D eigenvalue weighted by atomic mass is 16.5. The molecule has 0 radical (unpaired) electrons. The van der Waals surface area contributed by atoms with Crippen LogP contribution in [0.3, 0.4) is 0 Å². The van der Waals surface area contributed by atoms with Gasteiger partial charge in [-0.1, -0.05) is 40.0 Å². The van der Waals surface area contributed by atoms with Gasteiger partial charge in [-0.05, 0) is 80.3 Å². The van der Waals surface area contributed by atoms with Gasteiger partial charge in [0.15, 0.2) is 17.5 Å². The maximum absolute atomic E-state index is 12.0. The number of methoxy groups -OCH3 is 6. The zero-order chi connectivity index (χ0) is 60.8. The molecule has 24 heteroatoms. The third kappa shape index (κ3) is 13.7. The number of rotatable bonds is 21. The second kappa shape index (κ2) is 28.5. The molecule has 0 bridgehead atoms. The number of pyridine rings is 3. The fourth-order valence-electron chi connectivity index (χ4n) is 9.82. The summed E-state index contributed by atoms with van der Waals surface area (Å²) in [5.74, 6) is 1.18. The summed E-state index contributed by atoms with van der Waals surface area (Å²) in [6, 6.07) is 15.4. The highest BCUT2D eigenvalue weighted by molar-refractivity contribution is 6.11. The van der Waals surface area contributed by atoms with E-state index in [4.69, 9.17) is 55.6 Å². The zero-order valence-corrected chi connectivity index (χ0v) is 49.0. The summed E-state index contributed by atoms with van der Waals surface area (Å²) in [5.41, 5.74) is 25.6. The van der Waals surface area contributed by atoms with Gasteiger partial charge in [-0.15, -0.1) is 0 Å². The molecule has 24 nitrogen and oxygen atoms in total. The predicted molar refractivity (Wildman–Crippen MR) is 318 cm³/mol. The Morgan fingerprint density at radius 2 is 0.738 bits per heavy atom. The number of benzene rings is 3. The molecule has 9 aromatic rings. The molecule has 3 aromatic carbocycles. The molecule has 0 spiro atoms. The number of aromatic nitrogens is 9. The average Bonchev–Trinajstić information content (AvgIpc) is 2.56. The van der Waals surface area contributed by atoms with Gasteiger partial charge in [-0.25, -0.2) is 44.3 Å². The van der Waals surface area contributed by atoms with Crippen LogP contribution in [-0.2, 0) is 81.7 Å². The van der Waals surface area contributed by atoms with Gasteiger partial charge in [-0.2, -0.15) is 0 Å². The topological polar surface area (TPSA) is 328 Å². The Morgan fingerprint density at radius 1 is 0.405 bits per heavy atom. The molecule has 0 saturated heterocycles. The lowest BCUT2D eigenvalue weighted by Gasteiger charge is -2.11. The van der Waals surface area contributed by atoms with Crippen molar-refractivity contribution >= 4 is 119 Å². The van der Waals surface area contributed by atoms with E-state index in [1.807, 2.05) is 21.3 Å². The Bertz CT molecular complexity index is 3920. The molecular formula is C60H72N12O12. The molecule has 84 heavy (non-hydrogen) atoms. The average molecular weight is 1150 g/mol. The number of hydrogen-bond acceptors (Lipinski definition) is 21. The molecule has 0 aliphatic carbocycles. The number of nitrogen functional groups attached to an aromatic ring is 3. The van der Waals surface area contributed by atoms with E-state index in [0.29, 0.717) is 99.3 Å². The standard InChI is InChI=1S/C21H26N4O4.C20H24N4O4.C19H22N4O4/c1-4-5-7-16-24-18-19(25(16)11-6-8-17(26)28-2)14-10-9-13(21(27)29-3)12-15(14)23-20(18)22;1-4-5-6-15-23-17-18(24(15)10-9-16(25)27-2)13-8-7-12(20(26)28-3)11-14(13)22-19(17)21;1-4-5-6-14-22-16-17(23(14)10-15(24)26-2)12-8-7-11(19(25)27-3)9-13(12)21-18(16)20/h9-10,12H,4-8,11H2,1-3H3,(H2,22,23);7-8,11H,4-6,9-10H2,1-3H3,(H2,21,22);7-9H,4-6,10H2,1-3H3,(H2,20,21). The van der Waals surface area contributed by atoms with Gasteiger partial charge in [-0.3, -0.25) is 14.4 Å². The minimum absolute atomic E-state index is 0.0311. The highest BCUT2D eigenvalue weighted by Gasteiger charge is 2.23. The summed E-state index contributed by atoms with van der Waals surface area (Å²) in [7, 11) is 8.11. The Labute approximate surface area is 484 Å². The molecule has 0 aliphatic rings. The molecule has 0 fully saturated rings. The van der Waals surface area contributed by atoms with Crippen molar-refractivity contribution in [2.24, 2.45) is 0 Å². The molecule has 6 aromatic heterocycles. The van der Waals surface area contributed by atoms with Crippen molar-refractivity contribution in [3.63, 3.8) is 0 Å². The molecule has 6 N–H and O–H groups in total. The van der Waals surface area contributed by atoms with Gasteiger partial charge in [0.25, 0.3) is 0 Å². The predicted octanol–water partition coefficient (Wildman–Crippen LogP) is 8.58. The number of hydrogen-bond donors (Lipinski definition) is 3. The second-order valence-electron chi connectivity index (χ2n) is 19.6. The van der Waals surface area contributed by atoms with Crippen molar-refractivity contribution < 1.29 is 57.2 Å². The first-order valence-electron chi connectivity index (χ1n) is 27.7. The van der Waals surface area contributed by atoms with Crippen molar-refractivity contribution in [3.8, 4) is 0 Å². The number of nitrogens with two attached hydrogens (primary N) is 3. The first-order chi connectivity index (χ1) is 40.5. The first kappa shape index (κ1) is 62.1. The van der Waals surface area contributed by atoms with E-state index >= 15 is 0 Å². The van der Waals surface area contributed by atoms with E-state index in [9.17, 15) is 28.8 Å². The molecule has 0 saturated carbocycles. The van der Waals surface area contributed by atoms with Gasteiger partial charge >= 0.3 is 35.8 Å². The molecule has 0 unspecified atom stereocenters. The molecule has 6 heterocycles. The SMILES string of the molecule is CCCCc1nc2c(N)nc3cc(C(=O)OC)ccc3c2n1CC(=O)OC.CCCCc1nc2c(N)nc3cc(C(=O)OC)ccc3c2n1CCC(=O)OC.CCCCc1nc2c(N)nc3cc(C(=O)OC)ccc3c2n1CCCC(=O)OC. The number of carbonyl (C=O) groups excluding carboxylic acids is 6. The Morgan fingerprint density at radius 3 is 1.08 bits per heavy atom. The van der Waals surface area contributed by atoms with Crippen LogP contribution in [0, 0.1) is 0 Å². The molecule has 0 aliphatic heterocycles. The first-order valence-corrected chi connectivity index (χ1v) is 27.7. The summed E-state index contributed by atoms with van der Waals surface area (Å²) in [5, 5.41) is 2.43. The second-order valence-corrected chi connectivity index (χ2v) is 19.6. The number of esters is 6. The third-order valence-electron chi connectivity index (χ3n) is 14.1. The zero-order valence-electron chi connectivity index (χ0n) is 49.0. The number of fused-ring (bicyclic) bond motifs is 9. The van der Waals surface area contributed by atoms with Gasteiger partial charge in [0.2, 0.25) is 0 Å². The van der Waals surface area contributed by atoms with E-state index in [-0.39, 0.29) is 36.7 Å². The fraction of sp³-hybridized carbons (Fsp3) is 0.400. The van der Waals surface area contributed by atoms with Gasteiger partial charge in [0, 0.05) is 54.9 Å². The normalized spacial score (nSPS) is 11.1. The Hall–Kier alpha value is -9.48. The number of imidazole rings is 3. The van der Waals surface area contributed by atoms with Crippen LogP contribution >= 0.6 is 0 Å². The lowest BCUT2D eigenvalue weighted by atomic mass is 10.1. The van der Waals surface area contributed by atoms with Gasteiger partial charge in [0.1, 0.15) is 40.6 Å². The van der Waals surface area contributed by atoms with E-state index < -0.39 is 17.9 Å². The summed E-state index contributed by atoms with van der Waals surface area (Å²) in [6.45, 7) is 7.41. The lowest BCUT2D eigenvalue weighted by molar-refractivity contribution is -0.142. The number of ether oxygens (including phenoxy) is 6. The minimum Gasteiger partial charge on any atom is -0.469 e. The van der Waals surface area contributed by atoms with E-state index in [1.54, 1.807) is 42.5 Å². The Kier molecular flexibility index (Phi) is 21.1. The summed E-state index contributed by atoms with van der Waals surface area (Å²) in [6.07, 6.45) is 9.44. The van der Waals surface area contributed by atoms with Gasteiger partial charge < -0.3 is 59.3 Å². The molecule has 444 valence electrons.